The number of hydrogen-bond acceptors (Lipinski definition) is 3. The second-order valence-electron chi connectivity index (χ2n) is 1.76. The molecule has 3 nitrogen and oxygen atoms in total. The van der Waals surface area contributed by atoms with Gasteiger partial charge in [0.1, 0.15) is 4.83 Å². The Kier molecular flexibility index (Phi) is 0.790. The van der Waals surface area contributed by atoms with Crippen molar-refractivity contribution in [3.05, 3.63) is 11.4 Å². The van der Waals surface area contributed by atoms with Crippen molar-refractivity contribution < 1.29 is 0 Å². The number of imidazole rings is 1. The summed E-state index contributed by atoms with van der Waals surface area (Å²) < 4.78 is 0. The van der Waals surface area contributed by atoms with Gasteiger partial charge in [0.15, 0.2) is 5.95 Å². The topological polar surface area (TPSA) is 54.7 Å². The lowest BCUT2D eigenvalue weighted by Crippen LogP contribution is -1.84. The van der Waals surface area contributed by atoms with Crippen molar-refractivity contribution in [1.29, 1.82) is 0 Å². The van der Waals surface area contributed by atoms with E-state index in [1.54, 1.807) is 11.3 Å². The minimum atomic E-state index is 0.497. The molecule has 9 heavy (non-hydrogen) atoms. The largest absolute Gasteiger partial charge is 0.369 e. The van der Waals surface area contributed by atoms with Crippen molar-refractivity contribution in [3.8, 4) is 0 Å². The lowest BCUT2D eigenvalue weighted by Gasteiger charge is -1.73. The Labute approximate surface area is 55.5 Å². The van der Waals surface area contributed by atoms with E-state index in [0.29, 0.717) is 5.95 Å². The fraction of sp³-hybridized carbons (Fsp3) is 0. The summed E-state index contributed by atoms with van der Waals surface area (Å²) in [6, 6.07) is 1.96. The van der Waals surface area contributed by atoms with E-state index in [4.69, 9.17) is 5.73 Å². The molecule has 3 N–H and O–H groups in total. The predicted molar refractivity (Wildman–Crippen MR) is 38.4 cm³/mol. The number of hydrogen-bond donors (Lipinski definition) is 2. The van der Waals surface area contributed by atoms with E-state index in [1.165, 1.54) is 0 Å². The fourth-order valence-electron chi connectivity index (χ4n) is 0.758. The minimum Gasteiger partial charge on any atom is -0.369 e. The van der Waals surface area contributed by atoms with Gasteiger partial charge >= 0.3 is 0 Å². The summed E-state index contributed by atoms with van der Waals surface area (Å²) in [4.78, 5) is 7.91. The summed E-state index contributed by atoms with van der Waals surface area (Å²) >= 11 is 1.59. The van der Waals surface area contributed by atoms with Gasteiger partial charge in [0.25, 0.3) is 0 Å². The number of nitrogens with two attached hydrogens (primary N) is 1. The van der Waals surface area contributed by atoms with Crippen LogP contribution >= 0.6 is 11.3 Å². The zero-order chi connectivity index (χ0) is 6.27. The first kappa shape index (κ1) is 4.81. The molecular weight excluding hydrogens is 134 g/mol. The average molecular weight is 139 g/mol. The lowest BCUT2D eigenvalue weighted by atomic mass is 10.6. The number of rotatable bonds is 0. The summed E-state index contributed by atoms with van der Waals surface area (Å²) in [5.74, 6) is 0.497. The molecule has 0 bridgehead atoms. The zero-order valence-corrected chi connectivity index (χ0v) is 5.40. The third kappa shape index (κ3) is 0.598. The van der Waals surface area contributed by atoms with E-state index in [1.807, 2.05) is 11.4 Å². The summed E-state index contributed by atoms with van der Waals surface area (Å²) in [6.45, 7) is 0. The molecule has 46 valence electrons. The first-order valence-corrected chi connectivity index (χ1v) is 3.43. The second-order valence-corrected chi connectivity index (χ2v) is 2.66. The number of nitrogens with zero attached hydrogens (tertiary/aromatic N) is 1. The molecule has 0 atom stereocenters. The molecule has 0 spiro atoms. The van der Waals surface area contributed by atoms with Crippen molar-refractivity contribution in [3.63, 3.8) is 0 Å². The maximum Gasteiger partial charge on any atom is 0.199 e. The van der Waals surface area contributed by atoms with E-state index in [-0.39, 0.29) is 0 Å². The molecule has 0 saturated carbocycles. The molecule has 0 unspecified atom stereocenters. The summed E-state index contributed by atoms with van der Waals surface area (Å²) in [7, 11) is 0. The van der Waals surface area contributed by atoms with Crippen LogP contribution < -0.4 is 5.73 Å². The van der Waals surface area contributed by atoms with E-state index in [0.717, 1.165) is 10.3 Å². The first-order chi connectivity index (χ1) is 4.36. The quantitative estimate of drug-likeness (QED) is 0.576. The molecule has 0 aliphatic rings. The molecule has 2 heterocycles. The molecule has 0 amide bonds. The molecule has 0 fully saturated rings. The molecule has 0 radical (unpaired) electrons. The van der Waals surface area contributed by atoms with Gasteiger partial charge in [-0.2, -0.15) is 0 Å². The molecule has 0 aliphatic carbocycles. The Bertz CT molecular complexity index is 293. The molecule has 2 aromatic heterocycles. The Morgan fingerprint density at radius 2 is 2.56 bits per heavy atom. The van der Waals surface area contributed by atoms with E-state index < -0.39 is 0 Å². The maximum atomic E-state index is 5.38. The van der Waals surface area contributed by atoms with Crippen LogP contribution in [0.3, 0.4) is 0 Å². The number of nitrogen functional groups attached to an aromatic ring is 1. The van der Waals surface area contributed by atoms with E-state index >= 15 is 0 Å². The third-order valence-corrected chi connectivity index (χ3v) is 1.94. The van der Waals surface area contributed by atoms with Crippen LogP contribution in [-0.2, 0) is 0 Å². The van der Waals surface area contributed by atoms with E-state index in [2.05, 4.69) is 9.97 Å². The number of aromatic amines is 1. The first-order valence-electron chi connectivity index (χ1n) is 2.55. The summed E-state index contributed by atoms with van der Waals surface area (Å²) in [5.41, 5.74) is 6.40. The monoisotopic (exact) mass is 139 g/mol. The normalized spacial score (nSPS) is 10.7. The Morgan fingerprint density at radius 3 is 3.33 bits per heavy atom. The molecule has 2 aromatic rings. The van der Waals surface area contributed by atoms with E-state index in [9.17, 15) is 0 Å². The number of aromatic nitrogens is 2. The molecule has 4 heteroatoms. The molecule has 2 rings (SSSR count). The third-order valence-electron chi connectivity index (χ3n) is 1.13. The highest BCUT2D eigenvalue weighted by molar-refractivity contribution is 7.16. The van der Waals surface area contributed by atoms with Crippen molar-refractivity contribution in [1.82, 2.24) is 9.97 Å². The highest BCUT2D eigenvalue weighted by Crippen LogP contribution is 2.17. The van der Waals surface area contributed by atoms with Crippen molar-refractivity contribution in [2.45, 2.75) is 0 Å². The Hall–Kier alpha value is -1.03. The second kappa shape index (κ2) is 1.48. The van der Waals surface area contributed by atoms with Crippen LogP contribution in [0.2, 0.25) is 0 Å². The number of H-pyrrole nitrogens is 1. The van der Waals surface area contributed by atoms with Gasteiger partial charge in [0, 0.05) is 0 Å². The van der Waals surface area contributed by atoms with Crippen LogP contribution in [0.1, 0.15) is 0 Å². The van der Waals surface area contributed by atoms with Gasteiger partial charge in [0.2, 0.25) is 0 Å². The van der Waals surface area contributed by atoms with Gasteiger partial charge in [-0.3, -0.25) is 0 Å². The van der Waals surface area contributed by atoms with Crippen LogP contribution in [0.4, 0.5) is 5.95 Å². The highest BCUT2D eigenvalue weighted by Gasteiger charge is 1.97. The van der Waals surface area contributed by atoms with Gasteiger partial charge in [-0.15, -0.1) is 11.3 Å². The fourth-order valence-corrected chi connectivity index (χ4v) is 1.49. The zero-order valence-electron chi connectivity index (χ0n) is 4.59. The Balaban J connectivity index is 2.92. The molecule has 0 aromatic carbocycles. The summed E-state index contributed by atoms with van der Waals surface area (Å²) in [5, 5.41) is 1.98. The van der Waals surface area contributed by atoms with Crippen molar-refractivity contribution in [2.24, 2.45) is 0 Å². The van der Waals surface area contributed by atoms with Crippen LogP contribution in [0.5, 0.6) is 0 Å². The number of nitrogens with one attached hydrogen (secondary N) is 1. The van der Waals surface area contributed by atoms with Gasteiger partial charge in [-0.1, -0.05) is 0 Å². The van der Waals surface area contributed by atoms with Crippen LogP contribution in [0.25, 0.3) is 10.3 Å². The number of thiophene rings is 1. The Morgan fingerprint density at radius 1 is 1.67 bits per heavy atom. The number of fused-ring (bicyclic) bond motifs is 1. The van der Waals surface area contributed by atoms with Crippen molar-refractivity contribution >= 4 is 27.6 Å². The van der Waals surface area contributed by atoms with Gasteiger partial charge in [0.05, 0.1) is 5.52 Å². The van der Waals surface area contributed by atoms with Crippen LogP contribution in [0.15, 0.2) is 11.4 Å². The van der Waals surface area contributed by atoms with Gasteiger partial charge in [-0.05, 0) is 11.4 Å². The minimum absolute atomic E-state index is 0.497. The van der Waals surface area contributed by atoms with Crippen molar-refractivity contribution in [2.75, 3.05) is 5.73 Å². The predicted octanol–water partition coefficient (Wildman–Crippen LogP) is 1.21. The highest BCUT2D eigenvalue weighted by atomic mass is 32.1. The maximum absolute atomic E-state index is 5.38. The SMILES string of the molecule is Nc1nc2sccc2[nH]1. The lowest BCUT2D eigenvalue weighted by molar-refractivity contribution is 1.36. The smallest absolute Gasteiger partial charge is 0.199 e. The van der Waals surface area contributed by atoms with Gasteiger partial charge < -0.3 is 10.7 Å². The summed E-state index contributed by atoms with van der Waals surface area (Å²) in [6.07, 6.45) is 0. The average Bonchev–Trinajstić information content (AvgIpc) is 2.22. The van der Waals surface area contributed by atoms with Crippen LogP contribution in [0, 0.1) is 0 Å². The molecule has 0 aliphatic heterocycles. The van der Waals surface area contributed by atoms with Crippen LogP contribution in [-0.4, -0.2) is 9.97 Å². The molecule has 0 saturated heterocycles. The standard InChI is InChI=1S/C5H5N3S/c6-5-7-3-1-2-9-4(3)8-5/h1-2H,(H3,6,7,8). The van der Waals surface area contributed by atoms with Gasteiger partial charge in [-0.25, -0.2) is 4.98 Å². The number of anilines is 1. The molecular formula is C5H5N3S.